The summed E-state index contributed by atoms with van der Waals surface area (Å²) in [5.41, 5.74) is 1.24. The van der Waals surface area contributed by atoms with Crippen LogP contribution in [0.25, 0.3) is 0 Å². The van der Waals surface area contributed by atoms with Crippen LogP contribution >= 0.6 is 11.8 Å². The van der Waals surface area contributed by atoms with E-state index in [1.807, 2.05) is 43.3 Å². The normalized spacial score (nSPS) is 16.5. The van der Waals surface area contributed by atoms with E-state index in [0.29, 0.717) is 18.0 Å². The van der Waals surface area contributed by atoms with Crippen LogP contribution in [-0.2, 0) is 14.6 Å². The molecule has 1 N–H and O–H groups in total. The Morgan fingerprint density at radius 1 is 1.11 bits per heavy atom. The third kappa shape index (κ3) is 6.85. The number of hydrogen-bond acceptors (Lipinski definition) is 6. The third-order valence-corrected chi connectivity index (χ3v) is 9.44. The van der Waals surface area contributed by atoms with Gasteiger partial charge in [0.25, 0.3) is 0 Å². The van der Waals surface area contributed by atoms with Gasteiger partial charge < -0.3 is 14.7 Å². The molecule has 36 heavy (non-hydrogen) atoms. The van der Waals surface area contributed by atoms with Gasteiger partial charge in [0.1, 0.15) is 5.75 Å². The van der Waals surface area contributed by atoms with Gasteiger partial charge in [-0.1, -0.05) is 64.7 Å². The predicted octanol–water partition coefficient (Wildman–Crippen LogP) is 7.07. The average Bonchev–Trinajstić information content (AvgIpc) is 2.94. The molecular formula is C28H37NO5S2. The molecule has 0 radical (unpaired) electrons. The second-order valence-corrected chi connectivity index (χ2v) is 12.6. The summed E-state index contributed by atoms with van der Waals surface area (Å²) in [5, 5.41) is 8.96. The van der Waals surface area contributed by atoms with Crippen molar-refractivity contribution in [3.8, 4) is 5.75 Å². The van der Waals surface area contributed by atoms with E-state index in [9.17, 15) is 13.2 Å². The van der Waals surface area contributed by atoms with Crippen molar-refractivity contribution in [2.75, 3.05) is 23.0 Å². The number of benzene rings is 2. The maximum atomic E-state index is 14.0. The molecule has 0 amide bonds. The highest BCUT2D eigenvalue weighted by atomic mass is 32.2. The van der Waals surface area contributed by atoms with Crippen molar-refractivity contribution in [2.24, 2.45) is 5.41 Å². The summed E-state index contributed by atoms with van der Waals surface area (Å²) in [6, 6.07) is 13.4. The van der Waals surface area contributed by atoms with Gasteiger partial charge in [-0.2, -0.15) is 0 Å². The molecule has 0 saturated heterocycles. The van der Waals surface area contributed by atoms with E-state index in [0.717, 1.165) is 67.2 Å². The van der Waals surface area contributed by atoms with Crippen molar-refractivity contribution < 1.29 is 23.1 Å². The number of carbonyl (C=O) groups is 1. The van der Waals surface area contributed by atoms with Gasteiger partial charge >= 0.3 is 5.97 Å². The van der Waals surface area contributed by atoms with E-state index in [2.05, 4.69) is 18.7 Å². The van der Waals surface area contributed by atoms with E-state index in [1.54, 1.807) is 6.07 Å². The lowest BCUT2D eigenvalue weighted by molar-refractivity contribution is -0.131. The Morgan fingerprint density at radius 3 is 2.36 bits per heavy atom. The average molecular weight is 532 g/mol. The molecule has 1 aliphatic rings. The number of hydrogen-bond donors (Lipinski definition) is 1. The minimum absolute atomic E-state index is 0.0843. The van der Waals surface area contributed by atoms with Crippen LogP contribution in [0.5, 0.6) is 5.75 Å². The quantitative estimate of drug-likeness (QED) is 0.178. The molecule has 6 nitrogen and oxygen atoms in total. The molecule has 2 aromatic carbocycles. The fourth-order valence-electron chi connectivity index (χ4n) is 4.83. The Morgan fingerprint density at radius 2 is 1.78 bits per heavy atom. The number of carboxylic acid groups (broad SMARTS) is 1. The van der Waals surface area contributed by atoms with Gasteiger partial charge in [0.2, 0.25) is 0 Å². The number of rotatable bonds is 12. The van der Waals surface area contributed by atoms with Gasteiger partial charge in [0, 0.05) is 23.7 Å². The lowest BCUT2D eigenvalue weighted by Crippen LogP contribution is -2.38. The number of fused-ring (bicyclic) bond motifs is 1. The molecular weight excluding hydrogens is 494 g/mol. The van der Waals surface area contributed by atoms with E-state index in [1.165, 1.54) is 11.8 Å². The van der Waals surface area contributed by atoms with Crippen molar-refractivity contribution in [1.29, 1.82) is 0 Å². The zero-order valence-corrected chi connectivity index (χ0v) is 23.0. The number of ether oxygens (including phenoxy) is 1. The Labute approximate surface area is 219 Å². The SMILES string of the molecule is CCCCC1(CCCC)CN(c2ccccc2)c2cc(SCC)c(O/C=C/C(=O)O)cc2S(=O)(=O)C1. The van der Waals surface area contributed by atoms with Crippen LogP contribution in [0.4, 0.5) is 11.4 Å². The Kier molecular flexibility index (Phi) is 9.91. The van der Waals surface area contributed by atoms with Crippen molar-refractivity contribution >= 4 is 38.9 Å². The molecule has 0 unspecified atom stereocenters. The topological polar surface area (TPSA) is 83.9 Å². The number of thioether (sulfide) groups is 1. The molecule has 0 bridgehead atoms. The monoisotopic (exact) mass is 531 g/mol. The minimum Gasteiger partial charge on any atom is -0.478 e. The molecule has 0 saturated carbocycles. The van der Waals surface area contributed by atoms with Crippen molar-refractivity contribution in [2.45, 2.75) is 69.1 Å². The number of anilines is 2. The summed E-state index contributed by atoms with van der Waals surface area (Å²) in [5.74, 6) is 0.0617. The number of sulfone groups is 1. The van der Waals surface area contributed by atoms with Gasteiger partial charge in [0.05, 0.1) is 33.6 Å². The number of nitrogens with zero attached hydrogens (tertiary/aromatic N) is 1. The maximum absolute atomic E-state index is 14.0. The first-order valence-corrected chi connectivity index (χ1v) is 15.3. The summed E-state index contributed by atoms with van der Waals surface area (Å²) < 4.78 is 33.7. The third-order valence-electron chi connectivity index (χ3n) is 6.54. The number of unbranched alkanes of at least 4 members (excludes halogenated alkanes) is 2. The zero-order chi connectivity index (χ0) is 26.2. The minimum atomic E-state index is -3.65. The highest BCUT2D eigenvalue weighted by Gasteiger charge is 2.42. The standard InChI is InChI=1S/C28H37NO5S2/c1-4-7-15-28(16-8-5-2)20-29(22-12-10-9-11-13-22)23-18-25(35-6-3)24(34-17-14-27(30)31)19-26(23)36(32,33)21-28/h9-14,17-19H,4-8,15-16,20-21H2,1-3H3,(H,30,31)/b17-14+. The van der Waals surface area contributed by atoms with Crippen LogP contribution in [0.1, 0.15) is 59.3 Å². The molecule has 2 aromatic rings. The van der Waals surface area contributed by atoms with Crippen molar-refractivity contribution in [3.05, 3.63) is 54.8 Å². The lowest BCUT2D eigenvalue weighted by Gasteiger charge is -2.37. The summed E-state index contributed by atoms with van der Waals surface area (Å²) >= 11 is 1.54. The second-order valence-electron chi connectivity index (χ2n) is 9.35. The number of carboxylic acids is 1. The summed E-state index contributed by atoms with van der Waals surface area (Å²) in [7, 11) is -3.65. The first-order chi connectivity index (χ1) is 17.2. The van der Waals surface area contributed by atoms with Crippen LogP contribution in [0.3, 0.4) is 0 Å². The van der Waals surface area contributed by atoms with Crippen molar-refractivity contribution in [1.82, 2.24) is 0 Å². The first kappa shape index (κ1) is 28.1. The van der Waals surface area contributed by atoms with Crippen LogP contribution in [0, 0.1) is 5.41 Å². The molecule has 1 aliphatic heterocycles. The molecule has 0 spiro atoms. The van der Waals surface area contributed by atoms with Crippen LogP contribution in [0.15, 0.2) is 64.6 Å². The fourth-order valence-corrected chi connectivity index (χ4v) is 7.70. The van der Waals surface area contributed by atoms with E-state index in [-0.39, 0.29) is 16.1 Å². The molecule has 0 aliphatic carbocycles. The van der Waals surface area contributed by atoms with Gasteiger partial charge in [-0.15, -0.1) is 11.8 Å². The largest absolute Gasteiger partial charge is 0.478 e. The second kappa shape index (κ2) is 12.7. The van der Waals surface area contributed by atoms with E-state index in [4.69, 9.17) is 9.84 Å². The Balaban J connectivity index is 2.24. The molecule has 0 aromatic heterocycles. The Hall–Kier alpha value is -2.45. The van der Waals surface area contributed by atoms with Gasteiger partial charge in [0.15, 0.2) is 9.84 Å². The van der Waals surface area contributed by atoms with E-state index >= 15 is 0 Å². The molecule has 0 fully saturated rings. The predicted molar refractivity (Wildman–Crippen MR) is 147 cm³/mol. The van der Waals surface area contributed by atoms with Crippen LogP contribution in [-0.4, -0.2) is 37.5 Å². The van der Waals surface area contributed by atoms with Crippen LogP contribution < -0.4 is 9.64 Å². The smallest absolute Gasteiger partial charge is 0.331 e. The van der Waals surface area contributed by atoms with Gasteiger partial charge in [-0.05, 0) is 36.8 Å². The Bertz CT molecular complexity index is 1150. The molecule has 3 rings (SSSR count). The highest BCUT2D eigenvalue weighted by molar-refractivity contribution is 7.99. The van der Waals surface area contributed by atoms with Crippen LogP contribution in [0.2, 0.25) is 0 Å². The number of aliphatic carboxylic acids is 1. The molecule has 1 heterocycles. The summed E-state index contributed by atoms with van der Waals surface area (Å²) in [6.45, 7) is 6.92. The lowest BCUT2D eigenvalue weighted by atomic mass is 9.79. The highest BCUT2D eigenvalue weighted by Crippen LogP contribution is 2.48. The zero-order valence-electron chi connectivity index (χ0n) is 21.4. The molecule has 196 valence electrons. The van der Waals surface area contributed by atoms with E-state index < -0.39 is 15.8 Å². The maximum Gasteiger partial charge on any atom is 0.331 e. The molecule has 0 atom stereocenters. The number of para-hydroxylation sites is 1. The van der Waals surface area contributed by atoms with Gasteiger partial charge in [-0.3, -0.25) is 0 Å². The molecule has 8 heteroatoms. The summed E-state index contributed by atoms with van der Waals surface area (Å²) in [6.07, 6.45) is 7.66. The summed E-state index contributed by atoms with van der Waals surface area (Å²) in [4.78, 5) is 14.1. The fraction of sp³-hybridized carbons (Fsp3) is 0.464. The van der Waals surface area contributed by atoms with Gasteiger partial charge in [-0.25, -0.2) is 13.2 Å². The first-order valence-electron chi connectivity index (χ1n) is 12.7. The van der Waals surface area contributed by atoms with Crippen molar-refractivity contribution in [3.63, 3.8) is 0 Å².